The monoisotopic (exact) mass is 573 g/mol. The summed E-state index contributed by atoms with van der Waals surface area (Å²) >= 11 is 6.10. The Bertz CT molecular complexity index is 1620. The molecule has 0 unspecified atom stereocenters. The Hall–Kier alpha value is -3.39. The van der Waals surface area contributed by atoms with Gasteiger partial charge < -0.3 is 10.1 Å². The Morgan fingerprint density at radius 2 is 1.79 bits per heavy atom. The van der Waals surface area contributed by atoms with Crippen molar-refractivity contribution in [1.29, 1.82) is 0 Å². The maximum Gasteiger partial charge on any atom is 0.328 e. The first kappa shape index (κ1) is 27.2. The van der Waals surface area contributed by atoms with Crippen molar-refractivity contribution in [2.24, 2.45) is 5.92 Å². The second kappa shape index (κ2) is 11.0. The van der Waals surface area contributed by atoms with Gasteiger partial charge in [-0.2, -0.15) is 4.31 Å². The number of sulfonamides is 1. The number of nitrogens with one attached hydrogen (secondary N) is 1. The summed E-state index contributed by atoms with van der Waals surface area (Å²) in [7, 11) is -2.48. The van der Waals surface area contributed by atoms with Crippen molar-refractivity contribution in [3.63, 3.8) is 0 Å². The molecule has 0 spiro atoms. The first-order valence-electron chi connectivity index (χ1n) is 12.4. The molecule has 1 N–H and O–H groups in total. The molecule has 12 nitrogen and oxygen atoms in total. The molecule has 1 fully saturated rings. The molecule has 14 heteroatoms. The molecule has 0 amide bonds. The van der Waals surface area contributed by atoms with Gasteiger partial charge in [0.2, 0.25) is 10.0 Å². The summed E-state index contributed by atoms with van der Waals surface area (Å²) in [4.78, 5) is 23.9. The summed E-state index contributed by atoms with van der Waals surface area (Å²) in [6.45, 7) is 5.77. The molecule has 0 bridgehead atoms. The van der Waals surface area contributed by atoms with Crippen LogP contribution in [0.4, 0.5) is 5.82 Å². The highest BCUT2D eigenvalue weighted by atomic mass is 35.5. The van der Waals surface area contributed by atoms with E-state index in [2.05, 4.69) is 20.5 Å². The van der Waals surface area contributed by atoms with E-state index in [4.69, 9.17) is 30.9 Å². The molecule has 2 aromatic carbocycles. The summed E-state index contributed by atoms with van der Waals surface area (Å²) in [6.07, 6.45) is 0. The molecule has 3 heterocycles. The summed E-state index contributed by atoms with van der Waals surface area (Å²) < 4.78 is 37.9. The maximum atomic E-state index is 13.4. The normalized spacial score (nSPS) is 16.1. The van der Waals surface area contributed by atoms with Gasteiger partial charge in [-0.1, -0.05) is 37.6 Å². The van der Waals surface area contributed by atoms with Crippen LogP contribution in [0.1, 0.15) is 19.7 Å². The van der Waals surface area contributed by atoms with E-state index in [-0.39, 0.29) is 45.9 Å². The number of aromatic nitrogens is 4. The van der Waals surface area contributed by atoms with E-state index in [0.717, 1.165) is 10.9 Å². The van der Waals surface area contributed by atoms with Crippen molar-refractivity contribution >= 4 is 55.3 Å². The van der Waals surface area contributed by atoms with Crippen LogP contribution < -0.4 is 5.32 Å². The fraction of sp³-hybridized carbons (Fsp3) is 0.400. The van der Waals surface area contributed by atoms with Crippen LogP contribution in [0.3, 0.4) is 0 Å². The van der Waals surface area contributed by atoms with Crippen molar-refractivity contribution in [2.45, 2.75) is 31.3 Å². The number of halogens is 1. The van der Waals surface area contributed by atoms with Crippen LogP contribution in [0.15, 0.2) is 45.9 Å². The number of carbonyl (C=O) groups is 1. The van der Waals surface area contributed by atoms with Crippen molar-refractivity contribution in [3.8, 4) is 0 Å². The number of carbonyl (C=O) groups excluding carboxylic acids is 1. The molecular weight excluding hydrogens is 546 g/mol. The van der Waals surface area contributed by atoms with E-state index in [9.17, 15) is 13.2 Å². The zero-order chi connectivity index (χ0) is 27.7. The summed E-state index contributed by atoms with van der Waals surface area (Å²) in [5.41, 5.74) is 1.06. The number of rotatable bonds is 8. The van der Waals surface area contributed by atoms with E-state index in [0.29, 0.717) is 31.3 Å². The fourth-order valence-electron chi connectivity index (χ4n) is 4.57. The van der Waals surface area contributed by atoms with Crippen LogP contribution in [0.25, 0.3) is 21.9 Å². The van der Waals surface area contributed by atoms with Gasteiger partial charge in [0.15, 0.2) is 11.0 Å². The zero-order valence-electron chi connectivity index (χ0n) is 21.7. The summed E-state index contributed by atoms with van der Waals surface area (Å²) in [5, 5.41) is 11.8. The lowest BCUT2D eigenvalue weighted by Crippen LogP contribution is -2.48. The number of fused-ring (bicyclic) bond motifs is 2. The van der Waals surface area contributed by atoms with E-state index in [1.54, 1.807) is 0 Å². The summed E-state index contributed by atoms with van der Waals surface area (Å²) in [6, 6.07) is 9.90. The fourth-order valence-corrected chi connectivity index (χ4v) is 6.29. The lowest BCUT2D eigenvalue weighted by molar-refractivity contribution is -0.142. The predicted octanol–water partition coefficient (Wildman–Crippen LogP) is 2.94. The van der Waals surface area contributed by atoms with Crippen LogP contribution in [-0.4, -0.2) is 83.2 Å². The molecule has 2 aromatic heterocycles. The predicted molar refractivity (Wildman–Crippen MR) is 145 cm³/mol. The highest BCUT2D eigenvalue weighted by Gasteiger charge is 2.32. The van der Waals surface area contributed by atoms with Gasteiger partial charge >= 0.3 is 5.97 Å². The van der Waals surface area contributed by atoms with Crippen LogP contribution >= 0.6 is 11.6 Å². The Kier molecular flexibility index (Phi) is 7.67. The third-order valence-corrected chi connectivity index (χ3v) is 8.94. The van der Waals surface area contributed by atoms with E-state index in [1.165, 1.54) is 23.5 Å². The number of benzene rings is 2. The number of esters is 1. The minimum atomic E-state index is -3.84. The van der Waals surface area contributed by atoms with Crippen LogP contribution in [0.5, 0.6) is 0 Å². The molecule has 39 heavy (non-hydrogen) atoms. The highest BCUT2D eigenvalue weighted by Crippen LogP contribution is 2.29. The molecule has 1 saturated heterocycles. The van der Waals surface area contributed by atoms with Crippen molar-refractivity contribution in [2.75, 3.05) is 38.6 Å². The number of nitrogens with zero attached hydrogens (tertiary/aromatic N) is 6. The van der Waals surface area contributed by atoms with Crippen LogP contribution in [0.2, 0.25) is 5.02 Å². The second-order valence-corrected chi connectivity index (χ2v) is 11.9. The molecule has 206 valence electrons. The molecule has 4 aromatic rings. The number of piperazine rings is 1. The zero-order valence-corrected chi connectivity index (χ0v) is 23.2. The minimum Gasteiger partial charge on any atom is -0.467 e. The van der Waals surface area contributed by atoms with Gasteiger partial charge in [-0.3, -0.25) is 4.90 Å². The number of anilines is 1. The number of hydrogen-bond acceptors (Lipinski definition) is 11. The van der Waals surface area contributed by atoms with Gasteiger partial charge in [0.05, 0.1) is 24.2 Å². The molecule has 1 aliphatic rings. The average Bonchev–Trinajstić information content (AvgIpc) is 3.42. The third-order valence-electron chi connectivity index (χ3n) is 6.71. The number of hydrogen-bond donors (Lipinski definition) is 1. The molecule has 1 aliphatic heterocycles. The highest BCUT2D eigenvalue weighted by molar-refractivity contribution is 7.89. The minimum absolute atomic E-state index is 0.00971. The Morgan fingerprint density at radius 1 is 1.08 bits per heavy atom. The van der Waals surface area contributed by atoms with E-state index >= 15 is 0 Å². The average molecular weight is 574 g/mol. The largest absolute Gasteiger partial charge is 0.467 e. The molecule has 1 atom stereocenters. The van der Waals surface area contributed by atoms with Crippen molar-refractivity contribution in [1.82, 2.24) is 29.5 Å². The molecule has 5 rings (SSSR count). The van der Waals surface area contributed by atoms with Gasteiger partial charge in [0, 0.05) is 31.6 Å². The number of para-hydroxylation sites is 1. The SMILES string of the molecule is COC(=O)[C@@H](Nc1nc(CN2CCN(S(=O)(=O)c3ccc(Cl)c4nonc34)CC2)nc2ccccc12)C(C)C. The Balaban J connectivity index is 1.33. The summed E-state index contributed by atoms with van der Waals surface area (Å²) in [5.74, 6) is 0.715. The van der Waals surface area contributed by atoms with Crippen LogP contribution in [-0.2, 0) is 26.1 Å². The van der Waals surface area contributed by atoms with Gasteiger partial charge in [-0.15, -0.1) is 0 Å². The van der Waals surface area contributed by atoms with E-state index < -0.39 is 16.1 Å². The van der Waals surface area contributed by atoms with Gasteiger partial charge in [-0.25, -0.2) is 27.8 Å². The van der Waals surface area contributed by atoms with Gasteiger partial charge in [-0.05, 0) is 40.5 Å². The van der Waals surface area contributed by atoms with Gasteiger partial charge in [0.25, 0.3) is 0 Å². The number of methoxy groups -OCH3 is 1. The quantitative estimate of drug-likeness (QED) is 0.311. The van der Waals surface area contributed by atoms with Crippen molar-refractivity contribution < 1.29 is 22.6 Å². The topological polar surface area (TPSA) is 144 Å². The Morgan fingerprint density at radius 3 is 2.51 bits per heavy atom. The third kappa shape index (κ3) is 5.39. The lowest BCUT2D eigenvalue weighted by atomic mass is 10.0. The van der Waals surface area contributed by atoms with E-state index in [1.807, 2.05) is 38.1 Å². The lowest BCUT2D eigenvalue weighted by Gasteiger charge is -2.33. The first-order chi connectivity index (χ1) is 18.7. The molecule has 0 saturated carbocycles. The number of ether oxygens (including phenoxy) is 1. The smallest absolute Gasteiger partial charge is 0.328 e. The maximum absolute atomic E-state index is 13.4. The second-order valence-electron chi connectivity index (χ2n) is 9.58. The first-order valence-corrected chi connectivity index (χ1v) is 14.2. The van der Waals surface area contributed by atoms with Crippen molar-refractivity contribution in [3.05, 3.63) is 47.2 Å². The van der Waals surface area contributed by atoms with Crippen LogP contribution in [0, 0.1) is 5.92 Å². The molecule has 0 radical (unpaired) electrons. The molecular formula is C25H28ClN7O5S. The molecule has 0 aliphatic carbocycles. The van der Waals surface area contributed by atoms with Gasteiger partial charge in [0.1, 0.15) is 22.6 Å². The standard InChI is InChI=1S/C25H28ClN7O5S/c1-15(2)21(25(34)37-3)29-24-16-6-4-5-7-18(16)27-20(28-24)14-32-10-12-33(13-11-32)39(35,36)19-9-8-17(26)22-23(19)31-38-30-22/h4-9,15,21H,10-14H2,1-3H3,(H,27,28,29)/t21-/m0/s1. The Labute approximate surface area is 230 Å².